The van der Waals surface area contributed by atoms with E-state index in [0.717, 1.165) is 0 Å². The average Bonchev–Trinajstić information content (AvgIpc) is 2.09. The van der Waals surface area contributed by atoms with Gasteiger partial charge in [-0.2, -0.15) is 0 Å². The Morgan fingerprint density at radius 2 is 2.31 bits per heavy atom. The zero-order chi connectivity index (χ0) is 9.84. The molecule has 0 bridgehead atoms. The number of hydrogen-bond acceptors (Lipinski definition) is 2. The van der Waals surface area contributed by atoms with Crippen molar-refractivity contribution in [3.8, 4) is 12.3 Å². The van der Waals surface area contributed by atoms with E-state index in [0.29, 0.717) is 17.9 Å². The molecule has 3 heteroatoms. The van der Waals surface area contributed by atoms with Crippen molar-refractivity contribution in [2.75, 3.05) is 24.2 Å². The van der Waals surface area contributed by atoms with Crippen LogP contribution in [0.1, 0.15) is 0 Å². The Morgan fingerprint density at radius 3 is 2.92 bits per heavy atom. The smallest absolute Gasteiger partial charge is 0.125 e. The van der Waals surface area contributed by atoms with E-state index in [-0.39, 0.29) is 5.82 Å². The lowest BCUT2D eigenvalue weighted by atomic mass is 10.2. The normalized spacial score (nSPS) is 9.31. The molecular weight excluding hydrogens is 167 g/mol. The van der Waals surface area contributed by atoms with Gasteiger partial charge >= 0.3 is 0 Å². The van der Waals surface area contributed by atoms with E-state index in [1.165, 1.54) is 18.2 Å². The molecule has 0 aliphatic carbocycles. The van der Waals surface area contributed by atoms with E-state index >= 15 is 0 Å². The van der Waals surface area contributed by atoms with Crippen LogP contribution in [0.4, 0.5) is 15.8 Å². The largest absolute Gasteiger partial charge is 0.397 e. The molecule has 0 aromatic heterocycles. The van der Waals surface area contributed by atoms with E-state index in [4.69, 9.17) is 12.2 Å². The Morgan fingerprint density at radius 1 is 1.62 bits per heavy atom. The molecule has 0 aliphatic rings. The number of benzene rings is 1. The summed E-state index contributed by atoms with van der Waals surface area (Å²) in [5.74, 6) is 2.15. The van der Waals surface area contributed by atoms with Gasteiger partial charge in [0.15, 0.2) is 0 Å². The lowest BCUT2D eigenvalue weighted by molar-refractivity contribution is 0.627. The monoisotopic (exact) mass is 178 g/mol. The molecule has 0 fully saturated rings. The molecule has 0 spiro atoms. The minimum atomic E-state index is -0.312. The van der Waals surface area contributed by atoms with E-state index in [1.807, 2.05) is 0 Å². The van der Waals surface area contributed by atoms with Crippen LogP contribution in [0.15, 0.2) is 18.2 Å². The summed E-state index contributed by atoms with van der Waals surface area (Å²) < 4.78 is 12.8. The number of rotatable bonds is 2. The summed E-state index contributed by atoms with van der Waals surface area (Å²) in [6.45, 7) is 0.410. The van der Waals surface area contributed by atoms with Crippen molar-refractivity contribution in [3.63, 3.8) is 0 Å². The van der Waals surface area contributed by atoms with Crippen LogP contribution in [0.2, 0.25) is 0 Å². The predicted molar refractivity (Wildman–Crippen MR) is 52.9 cm³/mol. The van der Waals surface area contributed by atoms with Gasteiger partial charge in [-0.15, -0.1) is 6.42 Å². The number of nitrogen functional groups attached to an aromatic ring is 1. The number of nitrogens with zero attached hydrogens (tertiary/aromatic N) is 1. The molecule has 0 saturated carbocycles. The van der Waals surface area contributed by atoms with Gasteiger partial charge in [-0.1, -0.05) is 5.92 Å². The first kappa shape index (κ1) is 9.40. The van der Waals surface area contributed by atoms with Crippen molar-refractivity contribution < 1.29 is 4.39 Å². The Hall–Kier alpha value is -1.69. The number of hydrogen-bond donors (Lipinski definition) is 1. The molecule has 0 saturated heterocycles. The van der Waals surface area contributed by atoms with Crippen LogP contribution in [0.5, 0.6) is 0 Å². The number of terminal acetylenes is 1. The standard InChI is InChI=1S/C10H11FN2/c1-3-6-13(2)10-7-8(11)4-5-9(10)12/h1,4-5,7H,6,12H2,2H3. The topological polar surface area (TPSA) is 29.3 Å². The SMILES string of the molecule is C#CCN(C)c1cc(F)ccc1N. The maximum Gasteiger partial charge on any atom is 0.125 e. The summed E-state index contributed by atoms with van der Waals surface area (Å²) in [4.78, 5) is 1.72. The first-order valence-electron chi connectivity index (χ1n) is 3.84. The zero-order valence-corrected chi connectivity index (χ0v) is 7.42. The van der Waals surface area contributed by atoms with Crippen molar-refractivity contribution in [2.45, 2.75) is 0 Å². The third-order valence-electron chi connectivity index (χ3n) is 1.73. The van der Waals surface area contributed by atoms with Gasteiger partial charge < -0.3 is 10.6 Å². The Labute approximate surface area is 77.2 Å². The van der Waals surface area contributed by atoms with Crippen molar-refractivity contribution in [2.24, 2.45) is 0 Å². The summed E-state index contributed by atoms with van der Waals surface area (Å²) >= 11 is 0. The van der Waals surface area contributed by atoms with Gasteiger partial charge in [-0.3, -0.25) is 0 Å². The molecule has 2 N–H and O–H groups in total. The summed E-state index contributed by atoms with van der Waals surface area (Å²) in [5, 5.41) is 0. The van der Waals surface area contributed by atoms with Crippen LogP contribution < -0.4 is 10.6 Å². The van der Waals surface area contributed by atoms with Gasteiger partial charge in [0.2, 0.25) is 0 Å². The molecule has 0 heterocycles. The van der Waals surface area contributed by atoms with E-state index in [2.05, 4.69) is 5.92 Å². The second-order valence-electron chi connectivity index (χ2n) is 2.76. The average molecular weight is 178 g/mol. The summed E-state index contributed by atoms with van der Waals surface area (Å²) in [6, 6.07) is 4.22. The van der Waals surface area contributed by atoms with Crippen molar-refractivity contribution in [3.05, 3.63) is 24.0 Å². The molecule has 1 rings (SSSR count). The number of anilines is 2. The summed E-state index contributed by atoms with van der Waals surface area (Å²) in [7, 11) is 1.77. The third kappa shape index (κ3) is 2.12. The highest BCUT2D eigenvalue weighted by Crippen LogP contribution is 2.22. The summed E-state index contributed by atoms with van der Waals surface area (Å²) in [6.07, 6.45) is 5.13. The van der Waals surface area contributed by atoms with E-state index < -0.39 is 0 Å². The molecule has 68 valence electrons. The molecule has 0 unspecified atom stereocenters. The summed E-state index contributed by atoms with van der Waals surface area (Å²) in [5.41, 5.74) is 6.79. The van der Waals surface area contributed by atoms with Crippen molar-refractivity contribution in [1.29, 1.82) is 0 Å². The quantitative estimate of drug-likeness (QED) is 0.549. The minimum absolute atomic E-state index is 0.312. The Kier molecular flexibility index (Phi) is 2.76. The lowest BCUT2D eigenvalue weighted by Gasteiger charge is -2.17. The number of nitrogens with two attached hydrogens (primary N) is 1. The minimum Gasteiger partial charge on any atom is -0.397 e. The van der Waals surface area contributed by atoms with Crippen LogP contribution in [0.3, 0.4) is 0 Å². The van der Waals surface area contributed by atoms with Crippen LogP contribution in [-0.4, -0.2) is 13.6 Å². The van der Waals surface area contributed by atoms with Gasteiger partial charge in [-0.05, 0) is 18.2 Å². The molecule has 0 atom stereocenters. The van der Waals surface area contributed by atoms with Crippen LogP contribution in [0.25, 0.3) is 0 Å². The third-order valence-corrected chi connectivity index (χ3v) is 1.73. The molecule has 0 radical (unpaired) electrons. The molecule has 2 nitrogen and oxygen atoms in total. The van der Waals surface area contributed by atoms with E-state index in [1.54, 1.807) is 11.9 Å². The first-order chi connectivity index (χ1) is 6.15. The highest BCUT2D eigenvalue weighted by Gasteiger charge is 2.04. The fraction of sp³-hybridized carbons (Fsp3) is 0.200. The number of halogens is 1. The van der Waals surface area contributed by atoms with Gasteiger partial charge in [0.25, 0.3) is 0 Å². The maximum absolute atomic E-state index is 12.8. The van der Waals surface area contributed by atoms with Gasteiger partial charge in [0.1, 0.15) is 5.82 Å². The Balaban J connectivity index is 3.00. The van der Waals surface area contributed by atoms with Gasteiger partial charge in [0, 0.05) is 7.05 Å². The molecule has 1 aromatic rings. The van der Waals surface area contributed by atoms with Gasteiger partial charge in [-0.25, -0.2) is 4.39 Å². The van der Waals surface area contributed by atoms with Gasteiger partial charge in [0.05, 0.1) is 17.9 Å². The fourth-order valence-corrected chi connectivity index (χ4v) is 1.07. The van der Waals surface area contributed by atoms with Crippen LogP contribution in [0, 0.1) is 18.2 Å². The molecule has 1 aromatic carbocycles. The van der Waals surface area contributed by atoms with Crippen LogP contribution >= 0.6 is 0 Å². The molecule has 13 heavy (non-hydrogen) atoms. The Bertz CT molecular complexity index is 341. The van der Waals surface area contributed by atoms with Crippen LogP contribution in [-0.2, 0) is 0 Å². The molecule has 0 aliphatic heterocycles. The highest BCUT2D eigenvalue weighted by atomic mass is 19.1. The molecule has 0 amide bonds. The fourth-order valence-electron chi connectivity index (χ4n) is 1.07. The predicted octanol–water partition coefficient (Wildman–Crippen LogP) is 1.48. The maximum atomic E-state index is 12.8. The van der Waals surface area contributed by atoms with Crippen molar-refractivity contribution >= 4 is 11.4 Å². The van der Waals surface area contributed by atoms with Crippen molar-refractivity contribution in [1.82, 2.24) is 0 Å². The highest BCUT2D eigenvalue weighted by molar-refractivity contribution is 5.67. The molecular formula is C10H11FN2. The lowest BCUT2D eigenvalue weighted by Crippen LogP contribution is -2.18. The zero-order valence-electron chi connectivity index (χ0n) is 7.42. The second kappa shape index (κ2) is 3.81. The van der Waals surface area contributed by atoms with E-state index in [9.17, 15) is 4.39 Å². The first-order valence-corrected chi connectivity index (χ1v) is 3.84. The second-order valence-corrected chi connectivity index (χ2v) is 2.76.